The van der Waals surface area contributed by atoms with Crippen LogP contribution in [0.1, 0.15) is 33.1 Å². The summed E-state index contributed by atoms with van der Waals surface area (Å²) in [5, 5.41) is 6.51. The normalized spacial score (nSPS) is 33.6. The molecule has 2 saturated heterocycles. The summed E-state index contributed by atoms with van der Waals surface area (Å²) in [6, 6.07) is 0. The fourth-order valence-electron chi connectivity index (χ4n) is 2.50. The summed E-state index contributed by atoms with van der Waals surface area (Å²) in [4.78, 5) is 12.1. The Morgan fingerprint density at radius 1 is 1.44 bits per heavy atom. The van der Waals surface area contributed by atoms with Crippen LogP contribution >= 0.6 is 0 Å². The van der Waals surface area contributed by atoms with E-state index in [1.54, 1.807) is 0 Å². The predicted octanol–water partition coefficient (Wildman–Crippen LogP) is 0.670. The Labute approximate surface area is 97.1 Å². The Kier molecular flexibility index (Phi) is 3.50. The third-order valence-electron chi connectivity index (χ3n) is 3.70. The molecule has 2 aliphatic heterocycles. The number of piperidine rings is 1. The van der Waals surface area contributed by atoms with E-state index < -0.39 is 0 Å². The van der Waals surface area contributed by atoms with Gasteiger partial charge in [-0.3, -0.25) is 4.79 Å². The van der Waals surface area contributed by atoms with Gasteiger partial charge in [0.05, 0.1) is 18.6 Å². The van der Waals surface area contributed by atoms with E-state index >= 15 is 0 Å². The summed E-state index contributed by atoms with van der Waals surface area (Å²) in [6.07, 6.45) is 3.13. The number of carbonyl (C=O) groups is 1. The van der Waals surface area contributed by atoms with Gasteiger partial charge in [0.25, 0.3) is 0 Å². The molecule has 2 aliphatic rings. The topological polar surface area (TPSA) is 50.4 Å². The van der Waals surface area contributed by atoms with Gasteiger partial charge in [0.15, 0.2) is 0 Å². The van der Waals surface area contributed by atoms with Crippen molar-refractivity contribution in [1.29, 1.82) is 0 Å². The third-order valence-corrected chi connectivity index (χ3v) is 3.70. The maximum atomic E-state index is 12.1. The Bertz CT molecular complexity index is 262. The molecule has 0 aromatic carbocycles. The van der Waals surface area contributed by atoms with Gasteiger partial charge in [-0.1, -0.05) is 0 Å². The van der Waals surface area contributed by atoms with Crippen LogP contribution in [-0.4, -0.2) is 37.2 Å². The highest BCUT2D eigenvalue weighted by Gasteiger charge is 2.34. The highest BCUT2D eigenvalue weighted by Crippen LogP contribution is 2.22. The van der Waals surface area contributed by atoms with Crippen LogP contribution in [0.5, 0.6) is 0 Å². The zero-order valence-electron chi connectivity index (χ0n) is 10.2. The summed E-state index contributed by atoms with van der Waals surface area (Å²) in [5.41, 5.74) is -0.0197. The maximum Gasteiger partial charge on any atom is 0.225 e. The summed E-state index contributed by atoms with van der Waals surface area (Å²) in [7, 11) is 0. The SMILES string of the molecule is CC1CC(C(=O)NC2(C)CCNCC2)CO1. The minimum Gasteiger partial charge on any atom is -0.378 e. The number of hydrogen-bond acceptors (Lipinski definition) is 3. The van der Waals surface area contributed by atoms with Crippen LogP contribution in [0.2, 0.25) is 0 Å². The number of ether oxygens (including phenoxy) is 1. The molecule has 2 rings (SSSR count). The zero-order chi connectivity index (χ0) is 11.6. The van der Waals surface area contributed by atoms with Gasteiger partial charge in [0, 0.05) is 5.54 Å². The van der Waals surface area contributed by atoms with Crippen LogP contribution in [0.15, 0.2) is 0 Å². The van der Waals surface area contributed by atoms with E-state index in [4.69, 9.17) is 4.74 Å². The van der Waals surface area contributed by atoms with Gasteiger partial charge in [0.2, 0.25) is 5.91 Å². The summed E-state index contributed by atoms with van der Waals surface area (Å²) < 4.78 is 5.44. The highest BCUT2D eigenvalue weighted by molar-refractivity contribution is 5.79. The van der Waals surface area contributed by atoms with Crippen molar-refractivity contribution in [1.82, 2.24) is 10.6 Å². The molecule has 0 bridgehead atoms. The van der Waals surface area contributed by atoms with E-state index in [-0.39, 0.29) is 23.5 Å². The molecule has 16 heavy (non-hydrogen) atoms. The lowest BCUT2D eigenvalue weighted by atomic mass is 9.89. The third kappa shape index (κ3) is 2.74. The average molecular weight is 226 g/mol. The molecule has 0 aromatic heterocycles. The first kappa shape index (κ1) is 11.9. The van der Waals surface area contributed by atoms with Gasteiger partial charge in [-0.15, -0.1) is 0 Å². The molecule has 2 unspecified atom stereocenters. The molecule has 1 amide bonds. The van der Waals surface area contributed by atoms with Crippen molar-refractivity contribution in [2.45, 2.75) is 44.8 Å². The van der Waals surface area contributed by atoms with Gasteiger partial charge >= 0.3 is 0 Å². The molecular weight excluding hydrogens is 204 g/mol. The zero-order valence-corrected chi connectivity index (χ0v) is 10.2. The smallest absolute Gasteiger partial charge is 0.225 e. The molecule has 0 spiro atoms. The van der Waals surface area contributed by atoms with Gasteiger partial charge in [-0.25, -0.2) is 0 Å². The second-order valence-corrected chi connectivity index (χ2v) is 5.38. The van der Waals surface area contributed by atoms with Crippen molar-refractivity contribution >= 4 is 5.91 Å². The maximum absolute atomic E-state index is 12.1. The van der Waals surface area contributed by atoms with Gasteiger partial charge < -0.3 is 15.4 Å². The van der Waals surface area contributed by atoms with E-state index in [0.717, 1.165) is 32.4 Å². The van der Waals surface area contributed by atoms with Crippen molar-refractivity contribution in [3.63, 3.8) is 0 Å². The molecule has 4 nitrogen and oxygen atoms in total. The average Bonchev–Trinajstić information content (AvgIpc) is 2.65. The fourth-order valence-corrected chi connectivity index (χ4v) is 2.50. The molecule has 0 aromatic rings. The molecule has 2 atom stereocenters. The molecule has 4 heteroatoms. The van der Waals surface area contributed by atoms with E-state index in [9.17, 15) is 4.79 Å². The van der Waals surface area contributed by atoms with E-state index in [0.29, 0.717) is 6.61 Å². The number of carbonyl (C=O) groups excluding carboxylic acids is 1. The Hall–Kier alpha value is -0.610. The van der Waals surface area contributed by atoms with Crippen molar-refractivity contribution in [3.8, 4) is 0 Å². The Morgan fingerprint density at radius 3 is 2.69 bits per heavy atom. The van der Waals surface area contributed by atoms with Crippen molar-refractivity contribution < 1.29 is 9.53 Å². The molecule has 2 heterocycles. The Balaban J connectivity index is 1.86. The lowest BCUT2D eigenvalue weighted by molar-refractivity contribution is -0.127. The van der Waals surface area contributed by atoms with Crippen LogP contribution in [0, 0.1) is 5.92 Å². The van der Waals surface area contributed by atoms with Crippen LogP contribution in [0.25, 0.3) is 0 Å². The Morgan fingerprint density at radius 2 is 2.12 bits per heavy atom. The second-order valence-electron chi connectivity index (χ2n) is 5.38. The molecule has 2 N–H and O–H groups in total. The number of nitrogens with one attached hydrogen (secondary N) is 2. The van der Waals surface area contributed by atoms with Gasteiger partial charge in [-0.05, 0) is 46.2 Å². The minimum absolute atomic E-state index is 0.0197. The standard InChI is InChI=1S/C12H22N2O2/c1-9-7-10(8-16-9)11(15)14-12(2)3-5-13-6-4-12/h9-10,13H,3-8H2,1-2H3,(H,14,15). The number of rotatable bonds is 2. The lowest BCUT2D eigenvalue weighted by Crippen LogP contribution is -2.53. The fraction of sp³-hybridized carbons (Fsp3) is 0.917. The molecular formula is C12H22N2O2. The monoisotopic (exact) mass is 226 g/mol. The quantitative estimate of drug-likeness (QED) is 0.727. The van der Waals surface area contributed by atoms with Crippen LogP contribution in [-0.2, 0) is 9.53 Å². The van der Waals surface area contributed by atoms with Crippen LogP contribution in [0.3, 0.4) is 0 Å². The van der Waals surface area contributed by atoms with E-state index in [2.05, 4.69) is 17.6 Å². The largest absolute Gasteiger partial charge is 0.378 e. The molecule has 0 radical (unpaired) electrons. The molecule has 0 aliphatic carbocycles. The number of amides is 1. The summed E-state index contributed by atoms with van der Waals surface area (Å²) >= 11 is 0. The van der Waals surface area contributed by atoms with E-state index in [1.165, 1.54) is 0 Å². The summed E-state index contributed by atoms with van der Waals surface area (Å²) in [6.45, 7) is 6.74. The molecule has 0 saturated carbocycles. The predicted molar refractivity (Wildman–Crippen MR) is 62.2 cm³/mol. The highest BCUT2D eigenvalue weighted by atomic mass is 16.5. The van der Waals surface area contributed by atoms with Crippen LogP contribution < -0.4 is 10.6 Å². The second kappa shape index (κ2) is 4.72. The first-order valence-electron chi connectivity index (χ1n) is 6.23. The first-order valence-corrected chi connectivity index (χ1v) is 6.23. The van der Waals surface area contributed by atoms with Crippen LogP contribution in [0.4, 0.5) is 0 Å². The molecule has 92 valence electrons. The van der Waals surface area contributed by atoms with E-state index in [1.807, 2.05) is 6.92 Å². The summed E-state index contributed by atoms with van der Waals surface area (Å²) in [5.74, 6) is 0.232. The number of hydrogen-bond donors (Lipinski definition) is 2. The van der Waals surface area contributed by atoms with Gasteiger partial charge in [-0.2, -0.15) is 0 Å². The van der Waals surface area contributed by atoms with Crippen molar-refractivity contribution in [2.75, 3.05) is 19.7 Å². The lowest BCUT2D eigenvalue weighted by Gasteiger charge is -2.35. The molecule has 2 fully saturated rings. The minimum atomic E-state index is -0.0197. The van der Waals surface area contributed by atoms with Gasteiger partial charge in [0.1, 0.15) is 0 Å². The van der Waals surface area contributed by atoms with Crippen molar-refractivity contribution in [3.05, 3.63) is 0 Å². The first-order chi connectivity index (χ1) is 7.59. The van der Waals surface area contributed by atoms with Crippen molar-refractivity contribution in [2.24, 2.45) is 5.92 Å².